The molecular formula is C24H31N. The van der Waals surface area contributed by atoms with Gasteiger partial charge in [-0.15, -0.1) is 0 Å². The number of nitrogens with one attached hydrogen (secondary N) is 1. The van der Waals surface area contributed by atoms with Gasteiger partial charge in [0.2, 0.25) is 0 Å². The van der Waals surface area contributed by atoms with Crippen LogP contribution in [0.3, 0.4) is 0 Å². The lowest BCUT2D eigenvalue weighted by molar-refractivity contribution is 0.239. The van der Waals surface area contributed by atoms with E-state index in [9.17, 15) is 0 Å². The smallest absolute Gasteiger partial charge is 0.0211 e. The third kappa shape index (κ3) is 3.53. The molecule has 1 saturated carbocycles. The molecule has 0 aromatic heterocycles. The lowest BCUT2D eigenvalue weighted by Gasteiger charge is -2.41. The first-order valence-corrected chi connectivity index (χ1v) is 9.91. The molecule has 2 aromatic carbocycles. The van der Waals surface area contributed by atoms with E-state index < -0.39 is 0 Å². The second-order valence-corrected chi connectivity index (χ2v) is 9.12. The third-order valence-electron chi connectivity index (χ3n) is 6.31. The van der Waals surface area contributed by atoms with Crippen molar-refractivity contribution in [1.29, 1.82) is 0 Å². The fourth-order valence-electron chi connectivity index (χ4n) is 4.81. The lowest BCUT2D eigenvalue weighted by Crippen LogP contribution is -2.43. The SMILES string of the molecule is CC(C)(C)c1ccc(CC2CCC3c4ccccc4CNC3C2)cc1. The van der Waals surface area contributed by atoms with E-state index in [4.69, 9.17) is 0 Å². The van der Waals surface area contributed by atoms with E-state index in [1.54, 1.807) is 5.56 Å². The molecule has 0 spiro atoms. The predicted octanol–water partition coefficient (Wildman–Crippen LogP) is 5.58. The standard InChI is InChI=1S/C24H31N/c1-24(2,3)20-11-8-17(9-12-20)14-18-10-13-22-21-7-5-4-6-19(21)16-25-23(22)15-18/h4-9,11-12,18,22-23,25H,10,13-16H2,1-3H3. The van der Waals surface area contributed by atoms with Gasteiger partial charge in [0.25, 0.3) is 0 Å². The summed E-state index contributed by atoms with van der Waals surface area (Å²) in [7, 11) is 0. The molecule has 3 unspecified atom stereocenters. The van der Waals surface area contributed by atoms with E-state index in [-0.39, 0.29) is 5.41 Å². The highest BCUT2D eigenvalue weighted by Crippen LogP contribution is 2.41. The highest BCUT2D eigenvalue weighted by molar-refractivity contribution is 5.34. The Hall–Kier alpha value is -1.60. The van der Waals surface area contributed by atoms with Crippen LogP contribution in [-0.2, 0) is 18.4 Å². The first-order valence-electron chi connectivity index (χ1n) is 9.91. The van der Waals surface area contributed by atoms with Crippen molar-refractivity contribution in [2.45, 2.75) is 70.4 Å². The van der Waals surface area contributed by atoms with Gasteiger partial charge in [-0.3, -0.25) is 0 Å². The zero-order valence-corrected chi connectivity index (χ0v) is 15.9. The van der Waals surface area contributed by atoms with E-state index >= 15 is 0 Å². The highest BCUT2D eigenvalue weighted by Gasteiger charge is 2.34. The van der Waals surface area contributed by atoms with E-state index in [0.29, 0.717) is 6.04 Å². The van der Waals surface area contributed by atoms with Crippen LogP contribution in [-0.4, -0.2) is 6.04 Å². The van der Waals surface area contributed by atoms with Crippen LogP contribution in [0.2, 0.25) is 0 Å². The van der Waals surface area contributed by atoms with Gasteiger partial charge in [0, 0.05) is 12.6 Å². The summed E-state index contributed by atoms with van der Waals surface area (Å²) in [6.45, 7) is 7.91. The van der Waals surface area contributed by atoms with E-state index in [1.165, 1.54) is 42.4 Å². The Morgan fingerprint density at radius 3 is 2.48 bits per heavy atom. The number of rotatable bonds is 2. The van der Waals surface area contributed by atoms with Gasteiger partial charge in [-0.05, 0) is 65.2 Å². The summed E-state index contributed by atoms with van der Waals surface area (Å²) in [6, 6.07) is 19.1. The van der Waals surface area contributed by atoms with Crippen LogP contribution in [0.15, 0.2) is 48.5 Å². The molecule has 1 aliphatic heterocycles. The first kappa shape index (κ1) is 16.8. The molecule has 2 aromatic rings. The second-order valence-electron chi connectivity index (χ2n) is 9.12. The molecule has 1 heterocycles. The molecule has 4 rings (SSSR count). The molecule has 1 N–H and O–H groups in total. The van der Waals surface area contributed by atoms with Crippen molar-refractivity contribution in [3.63, 3.8) is 0 Å². The molecule has 0 saturated heterocycles. The average molecular weight is 334 g/mol. The number of fused-ring (bicyclic) bond motifs is 3. The van der Waals surface area contributed by atoms with Crippen molar-refractivity contribution in [3.8, 4) is 0 Å². The maximum Gasteiger partial charge on any atom is 0.0211 e. The van der Waals surface area contributed by atoms with Crippen LogP contribution in [0.1, 0.15) is 68.2 Å². The molecule has 1 aliphatic carbocycles. The molecule has 1 nitrogen and oxygen atoms in total. The normalized spacial score (nSPS) is 26.0. The summed E-state index contributed by atoms with van der Waals surface area (Å²) in [6.07, 6.45) is 5.24. The van der Waals surface area contributed by atoms with Gasteiger partial charge in [0.15, 0.2) is 0 Å². The van der Waals surface area contributed by atoms with Crippen LogP contribution in [0.5, 0.6) is 0 Å². The van der Waals surface area contributed by atoms with Crippen molar-refractivity contribution >= 4 is 0 Å². The van der Waals surface area contributed by atoms with Gasteiger partial charge in [0.05, 0.1) is 0 Å². The Morgan fingerprint density at radius 2 is 1.72 bits per heavy atom. The molecule has 0 amide bonds. The Balaban J connectivity index is 1.42. The Labute approximate surface area is 152 Å². The molecule has 132 valence electrons. The van der Waals surface area contributed by atoms with Gasteiger partial charge in [-0.25, -0.2) is 0 Å². The largest absolute Gasteiger partial charge is 0.309 e. The molecule has 3 atom stereocenters. The minimum absolute atomic E-state index is 0.246. The number of hydrogen-bond acceptors (Lipinski definition) is 1. The maximum atomic E-state index is 3.82. The van der Waals surface area contributed by atoms with Crippen molar-refractivity contribution in [1.82, 2.24) is 5.32 Å². The fourth-order valence-corrected chi connectivity index (χ4v) is 4.81. The van der Waals surface area contributed by atoms with Crippen LogP contribution in [0.4, 0.5) is 0 Å². The van der Waals surface area contributed by atoms with Crippen molar-refractivity contribution < 1.29 is 0 Å². The van der Waals surface area contributed by atoms with Gasteiger partial charge in [-0.2, -0.15) is 0 Å². The fraction of sp³-hybridized carbons (Fsp3) is 0.500. The van der Waals surface area contributed by atoms with Gasteiger partial charge in [0.1, 0.15) is 0 Å². The number of hydrogen-bond donors (Lipinski definition) is 1. The quantitative estimate of drug-likeness (QED) is 0.756. The van der Waals surface area contributed by atoms with Crippen molar-refractivity contribution in [3.05, 3.63) is 70.8 Å². The van der Waals surface area contributed by atoms with Crippen LogP contribution < -0.4 is 5.32 Å². The topological polar surface area (TPSA) is 12.0 Å². The molecule has 0 bridgehead atoms. The Bertz CT molecular complexity index is 723. The third-order valence-corrected chi connectivity index (χ3v) is 6.31. The summed E-state index contributed by atoms with van der Waals surface area (Å²) < 4.78 is 0. The van der Waals surface area contributed by atoms with Gasteiger partial charge >= 0.3 is 0 Å². The van der Waals surface area contributed by atoms with Crippen molar-refractivity contribution in [2.75, 3.05) is 0 Å². The van der Waals surface area contributed by atoms with Crippen LogP contribution in [0.25, 0.3) is 0 Å². The molecule has 0 radical (unpaired) electrons. The Morgan fingerprint density at radius 1 is 0.960 bits per heavy atom. The summed E-state index contributed by atoms with van der Waals surface area (Å²) in [5, 5.41) is 3.82. The molecule has 1 heteroatoms. The molecule has 25 heavy (non-hydrogen) atoms. The second kappa shape index (κ2) is 6.61. The summed E-state index contributed by atoms with van der Waals surface area (Å²) >= 11 is 0. The van der Waals surface area contributed by atoms with Gasteiger partial charge < -0.3 is 5.32 Å². The highest BCUT2D eigenvalue weighted by atomic mass is 14.9. The van der Waals surface area contributed by atoms with E-state index in [1.807, 2.05) is 0 Å². The minimum atomic E-state index is 0.246. The predicted molar refractivity (Wildman–Crippen MR) is 106 cm³/mol. The average Bonchev–Trinajstić information content (AvgIpc) is 2.61. The summed E-state index contributed by atoms with van der Waals surface area (Å²) in [5.41, 5.74) is 6.31. The summed E-state index contributed by atoms with van der Waals surface area (Å²) in [4.78, 5) is 0. The first-order chi connectivity index (χ1) is 12.0. The van der Waals surface area contributed by atoms with E-state index in [0.717, 1.165) is 18.4 Å². The molecular weight excluding hydrogens is 302 g/mol. The minimum Gasteiger partial charge on any atom is -0.309 e. The molecule has 1 fully saturated rings. The maximum absolute atomic E-state index is 3.82. The van der Waals surface area contributed by atoms with Crippen LogP contribution >= 0.6 is 0 Å². The lowest BCUT2D eigenvalue weighted by atomic mass is 9.71. The zero-order chi connectivity index (χ0) is 17.4. The Kier molecular flexibility index (Phi) is 4.45. The van der Waals surface area contributed by atoms with Gasteiger partial charge in [-0.1, -0.05) is 69.3 Å². The zero-order valence-electron chi connectivity index (χ0n) is 15.9. The van der Waals surface area contributed by atoms with Crippen LogP contribution in [0, 0.1) is 5.92 Å². The number of benzene rings is 2. The summed E-state index contributed by atoms with van der Waals surface area (Å²) in [5.74, 6) is 1.55. The van der Waals surface area contributed by atoms with Crippen molar-refractivity contribution in [2.24, 2.45) is 5.92 Å². The monoisotopic (exact) mass is 333 g/mol. The molecule has 2 aliphatic rings. The van der Waals surface area contributed by atoms with E-state index in [2.05, 4.69) is 74.6 Å².